The van der Waals surface area contributed by atoms with Crippen LogP contribution < -0.4 is 10.2 Å². The Morgan fingerprint density at radius 2 is 1.69 bits per heavy atom. The van der Waals surface area contributed by atoms with Gasteiger partial charge in [0.2, 0.25) is 0 Å². The minimum atomic E-state index is -3.15. The molecule has 0 aliphatic heterocycles. The summed E-state index contributed by atoms with van der Waals surface area (Å²) in [6, 6.07) is 9.99. The molecule has 2 rings (SSSR count). The van der Waals surface area contributed by atoms with E-state index >= 15 is 0 Å². The molecule has 11 heteroatoms. The van der Waals surface area contributed by atoms with Crippen molar-refractivity contribution in [1.29, 1.82) is 0 Å². The van der Waals surface area contributed by atoms with Gasteiger partial charge in [0.25, 0.3) is 0 Å². The first-order valence-electron chi connectivity index (χ1n) is 7.68. The van der Waals surface area contributed by atoms with Crippen LogP contribution in [0.3, 0.4) is 0 Å². The summed E-state index contributed by atoms with van der Waals surface area (Å²) in [6.07, 6.45) is 0. The third kappa shape index (κ3) is 6.29. The summed E-state index contributed by atoms with van der Waals surface area (Å²) in [5.74, 6) is 0.108. The lowest BCUT2D eigenvalue weighted by Gasteiger charge is -2.20. The van der Waals surface area contributed by atoms with E-state index in [1.807, 2.05) is 0 Å². The van der Waals surface area contributed by atoms with Crippen molar-refractivity contribution in [2.45, 2.75) is 6.61 Å². The van der Waals surface area contributed by atoms with Crippen molar-refractivity contribution in [3.8, 4) is 11.3 Å². The molecule has 0 unspecified atom stereocenters. The van der Waals surface area contributed by atoms with Gasteiger partial charge in [0.05, 0.1) is 12.7 Å². The zero-order valence-corrected chi connectivity index (χ0v) is 17.8. The van der Waals surface area contributed by atoms with Crippen molar-refractivity contribution < 1.29 is 18.4 Å². The summed E-state index contributed by atoms with van der Waals surface area (Å²) in [5, 5.41) is 17.7. The lowest BCUT2D eigenvalue weighted by molar-refractivity contribution is -0.401. The van der Waals surface area contributed by atoms with Crippen LogP contribution in [0.25, 0.3) is 11.3 Å². The fraction of sp³-hybridized carbons (Fsp3) is 0.333. The molecule has 0 fully saturated rings. The van der Waals surface area contributed by atoms with Gasteiger partial charge in [0.1, 0.15) is 10.7 Å². The Hall–Kier alpha value is -1.03. The van der Waals surface area contributed by atoms with Gasteiger partial charge >= 0.3 is 13.6 Å². The molecule has 0 saturated carbocycles. The Bertz CT molecular complexity index is 757. The zero-order valence-electron chi connectivity index (χ0n) is 13.7. The Morgan fingerprint density at radius 1 is 1.08 bits per heavy atom. The van der Waals surface area contributed by atoms with Crippen molar-refractivity contribution >= 4 is 45.4 Å². The second-order valence-electron chi connectivity index (χ2n) is 5.11. The smallest absolute Gasteiger partial charge is 0.401 e. The number of nitrogens with one attached hydrogen (secondary N) is 2. The summed E-state index contributed by atoms with van der Waals surface area (Å²) >= 11 is 6.56. The topological polar surface area (TPSA) is 107 Å². The van der Waals surface area contributed by atoms with Gasteiger partial charge in [-0.2, -0.15) is 0 Å². The third-order valence-electron chi connectivity index (χ3n) is 3.25. The van der Waals surface area contributed by atoms with Crippen LogP contribution in [0.5, 0.6) is 0 Å². The summed E-state index contributed by atoms with van der Waals surface area (Å²) in [4.78, 5) is 10.1. The summed E-state index contributed by atoms with van der Waals surface area (Å²) < 4.78 is 23.4. The van der Waals surface area contributed by atoms with Gasteiger partial charge in [-0.05, 0) is 11.6 Å². The quantitative estimate of drug-likeness (QED) is 0.199. The van der Waals surface area contributed by atoms with Crippen LogP contribution in [0.15, 0.2) is 40.8 Å². The molecule has 142 valence electrons. The van der Waals surface area contributed by atoms with Gasteiger partial charge < -0.3 is 8.94 Å². The fourth-order valence-electron chi connectivity index (χ4n) is 2.04. The molecule has 1 heterocycles. The van der Waals surface area contributed by atoms with Crippen LogP contribution in [-0.4, -0.2) is 28.7 Å². The number of rotatable bonds is 11. The lowest BCUT2D eigenvalue weighted by atomic mass is 10.1. The van der Waals surface area contributed by atoms with Crippen molar-refractivity contribution in [2.24, 2.45) is 0 Å². The van der Waals surface area contributed by atoms with E-state index in [2.05, 4.69) is 42.0 Å². The van der Waals surface area contributed by atoms with E-state index in [0.717, 1.165) is 5.56 Å². The number of nitro groups is 1. The molecule has 0 bridgehead atoms. The second-order valence-corrected chi connectivity index (χ2v) is 8.69. The fourth-order valence-corrected chi connectivity index (χ4v) is 4.48. The molecule has 0 spiro atoms. The Kier molecular flexibility index (Phi) is 8.46. The van der Waals surface area contributed by atoms with E-state index in [4.69, 9.17) is 8.94 Å². The number of alkyl halides is 2. The number of benzene rings is 1. The molecule has 0 aliphatic rings. The molecule has 0 radical (unpaired) electrons. The molecular weight excluding hydrogens is 493 g/mol. The highest BCUT2D eigenvalue weighted by Crippen LogP contribution is 2.38. The highest BCUT2D eigenvalue weighted by Gasteiger charge is 2.21. The van der Waals surface area contributed by atoms with E-state index < -0.39 is 12.6 Å². The molecule has 8 nitrogen and oxygen atoms in total. The molecular formula is C15H18Br2N3O5P. The normalized spacial score (nSPS) is 11.6. The minimum Gasteiger partial charge on any atom is -0.401 e. The number of hydrogen-bond donors (Lipinski definition) is 2. The van der Waals surface area contributed by atoms with Gasteiger partial charge in [-0.15, -0.1) is 0 Å². The van der Waals surface area contributed by atoms with Gasteiger partial charge in [-0.1, -0.05) is 56.1 Å². The number of hydrogen-bond acceptors (Lipinski definition) is 5. The van der Waals surface area contributed by atoms with E-state index in [1.54, 1.807) is 30.3 Å². The molecule has 1 aromatic heterocycles. The average molecular weight is 511 g/mol. The minimum absolute atomic E-state index is 0.153. The van der Waals surface area contributed by atoms with E-state index in [9.17, 15) is 14.7 Å². The van der Waals surface area contributed by atoms with E-state index in [-0.39, 0.29) is 12.5 Å². The first kappa shape index (κ1) is 21.3. The SMILES string of the molecule is O=[N+]([O-])c1ccc(-c2ccc(COP(=O)(NCCBr)NCCBr)cc2)o1. The van der Waals surface area contributed by atoms with Crippen LogP contribution in [0, 0.1) is 10.1 Å². The maximum atomic E-state index is 12.7. The van der Waals surface area contributed by atoms with Crippen molar-refractivity contribution in [2.75, 3.05) is 23.7 Å². The van der Waals surface area contributed by atoms with Crippen LogP contribution in [0.4, 0.5) is 5.88 Å². The molecule has 0 aliphatic carbocycles. The first-order valence-corrected chi connectivity index (χ1v) is 11.5. The number of furan rings is 1. The molecule has 2 N–H and O–H groups in total. The van der Waals surface area contributed by atoms with Crippen molar-refractivity contribution in [1.82, 2.24) is 10.2 Å². The molecule has 0 amide bonds. The van der Waals surface area contributed by atoms with Gasteiger partial charge in [-0.3, -0.25) is 14.7 Å². The molecule has 0 atom stereocenters. The predicted octanol–water partition coefficient (Wildman–Crippen LogP) is 4.45. The van der Waals surface area contributed by atoms with Gasteiger partial charge in [-0.25, -0.2) is 10.2 Å². The number of halogens is 2. The van der Waals surface area contributed by atoms with Crippen LogP contribution in [-0.2, 0) is 15.7 Å². The summed E-state index contributed by atoms with van der Waals surface area (Å²) in [5.41, 5.74) is 1.52. The van der Waals surface area contributed by atoms with Crippen LogP contribution in [0.1, 0.15) is 5.56 Å². The van der Waals surface area contributed by atoms with Crippen LogP contribution >= 0.6 is 39.5 Å². The van der Waals surface area contributed by atoms with Gasteiger partial charge in [0.15, 0.2) is 0 Å². The second kappa shape index (κ2) is 10.3. The van der Waals surface area contributed by atoms with Crippen molar-refractivity contribution in [3.63, 3.8) is 0 Å². The highest BCUT2D eigenvalue weighted by molar-refractivity contribution is 9.09. The average Bonchev–Trinajstić information content (AvgIpc) is 3.14. The first-order chi connectivity index (χ1) is 12.5. The number of nitrogens with zero attached hydrogens (tertiary/aromatic N) is 1. The molecule has 1 aromatic carbocycles. The Balaban J connectivity index is 2.00. The standard InChI is InChI=1S/C15H18Br2N3O5P/c16-7-9-18-26(23,19-10-8-17)24-11-12-1-3-13(4-2-12)14-5-6-15(25-14)20(21)22/h1-6H,7-11H2,(H2,18,19,23). The predicted molar refractivity (Wildman–Crippen MR) is 107 cm³/mol. The zero-order chi connectivity index (χ0) is 19.0. The van der Waals surface area contributed by atoms with E-state index in [0.29, 0.717) is 35.1 Å². The lowest BCUT2D eigenvalue weighted by Crippen LogP contribution is -2.26. The van der Waals surface area contributed by atoms with Crippen molar-refractivity contribution in [3.05, 3.63) is 52.1 Å². The summed E-state index contributed by atoms with van der Waals surface area (Å²) in [6.45, 7) is 1.16. The maximum absolute atomic E-state index is 12.7. The van der Waals surface area contributed by atoms with Gasteiger partial charge in [0, 0.05) is 29.3 Å². The summed E-state index contributed by atoms with van der Waals surface area (Å²) in [7, 11) is -3.15. The van der Waals surface area contributed by atoms with E-state index in [1.165, 1.54) is 6.07 Å². The molecule has 0 saturated heterocycles. The largest absolute Gasteiger partial charge is 0.433 e. The molecule has 26 heavy (non-hydrogen) atoms. The third-order valence-corrected chi connectivity index (χ3v) is 5.82. The molecule has 2 aromatic rings. The maximum Gasteiger partial charge on any atom is 0.433 e. The van der Waals surface area contributed by atoms with Crippen LogP contribution in [0.2, 0.25) is 0 Å². The Labute approximate surface area is 167 Å². The Morgan fingerprint density at radius 3 is 2.19 bits per heavy atom. The highest BCUT2D eigenvalue weighted by atomic mass is 79.9. The monoisotopic (exact) mass is 509 g/mol.